The molecule has 1 saturated heterocycles. The Bertz CT molecular complexity index is 388. The van der Waals surface area contributed by atoms with Crippen molar-refractivity contribution < 1.29 is 23.8 Å². The summed E-state index contributed by atoms with van der Waals surface area (Å²) in [6, 6.07) is -0.115. The van der Waals surface area contributed by atoms with Crippen molar-refractivity contribution in [1.82, 2.24) is 10.2 Å². The van der Waals surface area contributed by atoms with Gasteiger partial charge in [-0.15, -0.1) is 0 Å². The smallest absolute Gasteiger partial charge is 0.410 e. The van der Waals surface area contributed by atoms with E-state index in [0.717, 1.165) is 12.8 Å². The fourth-order valence-electron chi connectivity index (χ4n) is 2.35. The molecule has 23 heavy (non-hydrogen) atoms. The van der Waals surface area contributed by atoms with Crippen LogP contribution in [0.15, 0.2) is 0 Å². The van der Waals surface area contributed by atoms with Crippen molar-refractivity contribution in [3.8, 4) is 0 Å². The molecule has 0 aromatic rings. The summed E-state index contributed by atoms with van der Waals surface area (Å²) in [4.78, 5) is 25.9. The first-order valence-electron chi connectivity index (χ1n) is 8.09. The van der Waals surface area contributed by atoms with Gasteiger partial charge in [0.2, 0.25) is 5.91 Å². The zero-order chi connectivity index (χ0) is 17.5. The molecule has 2 amide bonds. The topological polar surface area (TPSA) is 77.1 Å². The van der Waals surface area contributed by atoms with E-state index in [4.69, 9.17) is 14.2 Å². The molecule has 7 nitrogen and oxygen atoms in total. The predicted molar refractivity (Wildman–Crippen MR) is 86.3 cm³/mol. The molecule has 1 aliphatic rings. The molecule has 0 bridgehead atoms. The normalized spacial score (nSPS) is 19.3. The Hall–Kier alpha value is -1.34. The summed E-state index contributed by atoms with van der Waals surface area (Å²) in [6.45, 7) is 8.68. The van der Waals surface area contributed by atoms with Crippen molar-refractivity contribution in [1.29, 1.82) is 0 Å². The van der Waals surface area contributed by atoms with E-state index in [-0.39, 0.29) is 24.6 Å². The molecule has 0 aliphatic carbocycles. The van der Waals surface area contributed by atoms with E-state index >= 15 is 0 Å². The molecule has 1 N–H and O–H groups in total. The van der Waals surface area contributed by atoms with Gasteiger partial charge in [0.1, 0.15) is 12.1 Å². The van der Waals surface area contributed by atoms with E-state index in [2.05, 4.69) is 5.32 Å². The van der Waals surface area contributed by atoms with Crippen LogP contribution >= 0.6 is 0 Å². The molecule has 0 radical (unpaired) electrons. The van der Waals surface area contributed by atoms with Gasteiger partial charge in [0.15, 0.2) is 0 Å². The van der Waals surface area contributed by atoms with Crippen molar-refractivity contribution in [2.24, 2.45) is 0 Å². The number of hydrogen-bond donors (Lipinski definition) is 1. The van der Waals surface area contributed by atoms with Crippen LogP contribution in [-0.4, -0.2) is 68.1 Å². The molecule has 134 valence electrons. The fourth-order valence-corrected chi connectivity index (χ4v) is 2.35. The SMILES string of the molecule is COC[C@H](C)NC(=O)CN(C[C@@H]1CCCO1)C(=O)OC(C)(C)C. The van der Waals surface area contributed by atoms with Crippen LogP contribution in [0, 0.1) is 0 Å². The molecule has 0 unspecified atom stereocenters. The Morgan fingerprint density at radius 3 is 2.61 bits per heavy atom. The van der Waals surface area contributed by atoms with E-state index < -0.39 is 11.7 Å². The summed E-state index contributed by atoms with van der Waals surface area (Å²) in [7, 11) is 1.58. The van der Waals surface area contributed by atoms with Gasteiger partial charge in [0.25, 0.3) is 0 Å². The Kier molecular flexibility index (Phi) is 7.78. The summed E-state index contributed by atoms with van der Waals surface area (Å²) in [5, 5.41) is 2.80. The van der Waals surface area contributed by atoms with Crippen molar-refractivity contribution in [2.75, 3.05) is 33.4 Å². The van der Waals surface area contributed by atoms with E-state index in [0.29, 0.717) is 19.8 Å². The van der Waals surface area contributed by atoms with Gasteiger partial charge in [-0.1, -0.05) is 0 Å². The maximum atomic E-state index is 12.3. The number of methoxy groups -OCH3 is 1. The molecular formula is C16H30N2O5. The Labute approximate surface area is 138 Å². The Morgan fingerprint density at radius 1 is 1.39 bits per heavy atom. The van der Waals surface area contributed by atoms with Crippen molar-refractivity contribution in [3.63, 3.8) is 0 Å². The summed E-state index contributed by atoms with van der Waals surface area (Å²) in [6.07, 6.45) is 1.33. The van der Waals surface area contributed by atoms with Gasteiger partial charge in [0.05, 0.1) is 19.3 Å². The number of hydrogen-bond acceptors (Lipinski definition) is 5. The van der Waals surface area contributed by atoms with Crippen molar-refractivity contribution in [3.05, 3.63) is 0 Å². The molecule has 0 aromatic heterocycles. The Morgan fingerprint density at radius 2 is 2.09 bits per heavy atom. The average molecular weight is 330 g/mol. The number of nitrogens with zero attached hydrogens (tertiary/aromatic N) is 1. The molecule has 1 aliphatic heterocycles. The van der Waals surface area contributed by atoms with Crippen LogP contribution < -0.4 is 5.32 Å². The molecule has 0 spiro atoms. The summed E-state index contributed by atoms with van der Waals surface area (Å²) >= 11 is 0. The first kappa shape index (κ1) is 19.7. The van der Waals surface area contributed by atoms with Gasteiger partial charge in [-0.3, -0.25) is 9.69 Å². The third-order valence-corrected chi connectivity index (χ3v) is 3.26. The van der Waals surface area contributed by atoms with Gasteiger partial charge in [-0.05, 0) is 40.5 Å². The highest BCUT2D eigenvalue weighted by Crippen LogP contribution is 2.16. The number of ether oxygens (including phenoxy) is 3. The van der Waals surface area contributed by atoms with Gasteiger partial charge < -0.3 is 19.5 Å². The molecule has 0 saturated carbocycles. The van der Waals surface area contributed by atoms with E-state index in [1.165, 1.54) is 4.90 Å². The van der Waals surface area contributed by atoms with Crippen LogP contribution in [0.25, 0.3) is 0 Å². The number of rotatable bonds is 7. The summed E-state index contributed by atoms with van der Waals surface area (Å²) in [5.41, 5.74) is -0.605. The van der Waals surface area contributed by atoms with Gasteiger partial charge >= 0.3 is 6.09 Å². The number of nitrogens with one attached hydrogen (secondary N) is 1. The lowest BCUT2D eigenvalue weighted by Crippen LogP contribution is -2.48. The van der Waals surface area contributed by atoms with Crippen LogP contribution in [0.1, 0.15) is 40.5 Å². The second-order valence-electron chi connectivity index (χ2n) is 6.92. The zero-order valence-corrected chi connectivity index (χ0v) is 14.9. The third-order valence-electron chi connectivity index (χ3n) is 3.26. The van der Waals surface area contributed by atoms with Crippen molar-refractivity contribution >= 4 is 12.0 Å². The molecule has 0 aromatic carbocycles. The molecule has 1 fully saturated rings. The maximum Gasteiger partial charge on any atom is 0.410 e. The highest BCUT2D eigenvalue weighted by molar-refractivity contribution is 5.82. The minimum Gasteiger partial charge on any atom is -0.444 e. The van der Waals surface area contributed by atoms with Crippen LogP contribution in [0.4, 0.5) is 4.79 Å². The number of carbonyl (C=O) groups excluding carboxylic acids is 2. The minimum absolute atomic E-state index is 0.0354. The lowest BCUT2D eigenvalue weighted by Gasteiger charge is -2.29. The highest BCUT2D eigenvalue weighted by atomic mass is 16.6. The molecular weight excluding hydrogens is 300 g/mol. The minimum atomic E-state index is -0.605. The maximum absolute atomic E-state index is 12.3. The largest absolute Gasteiger partial charge is 0.444 e. The molecule has 1 rings (SSSR count). The van der Waals surface area contributed by atoms with E-state index in [1.54, 1.807) is 27.9 Å². The van der Waals surface area contributed by atoms with Gasteiger partial charge in [-0.2, -0.15) is 0 Å². The van der Waals surface area contributed by atoms with Gasteiger partial charge in [0, 0.05) is 19.8 Å². The van der Waals surface area contributed by atoms with E-state index in [9.17, 15) is 9.59 Å². The number of carbonyl (C=O) groups is 2. The van der Waals surface area contributed by atoms with Crippen molar-refractivity contribution in [2.45, 2.75) is 58.3 Å². The molecule has 7 heteroatoms. The highest BCUT2D eigenvalue weighted by Gasteiger charge is 2.28. The van der Waals surface area contributed by atoms with Crippen LogP contribution in [-0.2, 0) is 19.0 Å². The summed E-state index contributed by atoms with van der Waals surface area (Å²) in [5.74, 6) is -0.238. The molecule has 2 atom stereocenters. The standard InChI is InChI=1S/C16H30N2O5/c1-12(11-21-5)17-14(19)10-18(9-13-7-6-8-22-13)15(20)23-16(2,3)4/h12-13H,6-11H2,1-5H3,(H,17,19)/t12-,13-/m0/s1. The second kappa shape index (κ2) is 9.08. The lowest BCUT2D eigenvalue weighted by molar-refractivity contribution is -0.123. The van der Waals surface area contributed by atoms with Crippen LogP contribution in [0.3, 0.4) is 0 Å². The zero-order valence-electron chi connectivity index (χ0n) is 14.9. The summed E-state index contributed by atoms with van der Waals surface area (Å²) < 4.78 is 15.9. The first-order chi connectivity index (χ1) is 10.7. The second-order valence-corrected chi connectivity index (χ2v) is 6.92. The quantitative estimate of drug-likeness (QED) is 0.766. The third kappa shape index (κ3) is 8.18. The Balaban J connectivity index is 2.62. The number of amides is 2. The average Bonchev–Trinajstić information content (AvgIpc) is 2.88. The molecule has 1 heterocycles. The predicted octanol–water partition coefficient (Wildman–Crippen LogP) is 1.55. The van der Waals surface area contributed by atoms with E-state index in [1.807, 2.05) is 6.92 Å². The first-order valence-corrected chi connectivity index (χ1v) is 8.09. The fraction of sp³-hybridized carbons (Fsp3) is 0.875. The van der Waals surface area contributed by atoms with Crippen LogP contribution in [0.2, 0.25) is 0 Å². The monoisotopic (exact) mass is 330 g/mol. The van der Waals surface area contributed by atoms with Crippen LogP contribution in [0.5, 0.6) is 0 Å². The van der Waals surface area contributed by atoms with Gasteiger partial charge in [-0.25, -0.2) is 4.79 Å². The lowest BCUT2D eigenvalue weighted by atomic mass is 10.2.